The van der Waals surface area contributed by atoms with Crippen LogP contribution in [0.15, 0.2) is 28.6 Å². The number of carbonyl (C=O) groups excluding carboxylic acids is 1. The van der Waals surface area contributed by atoms with Crippen LogP contribution >= 0.6 is 11.3 Å². The number of halogens is 4. The van der Waals surface area contributed by atoms with E-state index in [9.17, 15) is 22.4 Å². The third-order valence-corrected chi connectivity index (χ3v) is 4.76. The van der Waals surface area contributed by atoms with Gasteiger partial charge in [-0.25, -0.2) is 14.4 Å². The molecule has 0 unspecified atom stereocenters. The highest BCUT2D eigenvalue weighted by atomic mass is 32.1. The Labute approximate surface area is 151 Å². The molecule has 26 heavy (non-hydrogen) atoms. The predicted molar refractivity (Wildman–Crippen MR) is 90.8 cm³/mol. The Hall–Kier alpha value is -2.29. The molecule has 138 valence electrons. The first-order valence-electron chi connectivity index (χ1n) is 7.94. The van der Waals surface area contributed by atoms with Gasteiger partial charge in [0.15, 0.2) is 0 Å². The summed E-state index contributed by atoms with van der Waals surface area (Å²) in [6.07, 6.45) is -2.38. The Kier molecular flexibility index (Phi) is 5.08. The number of aromatic nitrogens is 1. The summed E-state index contributed by atoms with van der Waals surface area (Å²) in [7, 11) is 0. The van der Waals surface area contributed by atoms with Gasteiger partial charge >= 0.3 is 6.18 Å². The largest absolute Gasteiger partial charge is 0.419 e. The summed E-state index contributed by atoms with van der Waals surface area (Å²) in [5.74, 6) is -0.897. The molecule has 1 amide bonds. The minimum Gasteiger partial charge on any atom is -0.300 e. The molecule has 1 aliphatic rings. The fourth-order valence-corrected chi connectivity index (χ4v) is 3.48. The second-order valence-electron chi connectivity index (χ2n) is 5.84. The summed E-state index contributed by atoms with van der Waals surface area (Å²) < 4.78 is 52.8. The molecule has 1 fully saturated rings. The first-order chi connectivity index (χ1) is 12.3. The minimum absolute atomic E-state index is 0.0862. The molecule has 4 nitrogen and oxygen atoms in total. The smallest absolute Gasteiger partial charge is 0.300 e. The molecule has 1 aromatic heterocycles. The fourth-order valence-electron chi connectivity index (χ4n) is 2.77. The van der Waals surface area contributed by atoms with Crippen molar-refractivity contribution in [1.29, 1.82) is 0 Å². The number of alkyl halides is 3. The van der Waals surface area contributed by atoms with Crippen LogP contribution in [0.1, 0.15) is 31.7 Å². The molecule has 0 saturated carbocycles. The Morgan fingerprint density at radius 3 is 2.77 bits per heavy atom. The summed E-state index contributed by atoms with van der Waals surface area (Å²) in [6, 6.07) is 3.09. The number of aliphatic imine (C=N–C) groups is 1. The maximum Gasteiger partial charge on any atom is 0.419 e. The van der Waals surface area contributed by atoms with Gasteiger partial charge in [-0.1, -0.05) is 6.07 Å². The van der Waals surface area contributed by atoms with E-state index in [1.54, 1.807) is 4.90 Å². The fraction of sp³-hybridized carbons (Fsp3) is 0.353. The number of amides is 1. The van der Waals surface area contributed by atoms with Gasteiger partial charge in [-0.3, -0.25) is 4.79 Å². The van der Waals surface area contributed by atoms with Crippen LogP contribution in [0.5, 0.6) is 0 Å². The molecular weight excluding hydrogens is 370 g/mol. The number of piperidine rings is 1. The van der Waals surface area contributed by atoms with Crippen LogP contribution < -0.4 is 0 Å². The number of rotatable bonds is 2. The van der Waals surface area contributed by atoms with Crippen molar-refractivity contribution in [3.63, 3.8) is 0 Å². The number of hydrogen-bond acceptors (Lipinski definition) is 4. The highest BCUT2D eigenvalue weighted by Gasteiger charge is 2.35. The van der Waals surface area contributed by atoms with E-state index in [-0.39, 0.29) is 22.3 Å². The average Bonchev–Trinajstić information content (AvgIpc) is 3.02. The van der Waals surface area contributed by atoms with E-state index in [0.29, 0.717) is 24.9 Å². The van der Waals surface area contributed by atoms with E-state index in [4.69, 9.17) is 0 Å². The average molecular weight is 385 g/mol. The number of carbonyl (C=O) groups is 1. The van der Waals surface area contributed by atoms with E-state index in [1.165, 1.54) is 18.4 Å². The van der Waals surface area contributed by atoms with Crippen molar-refractivity contribution in [2.24, 2.45) is 4.99 Å². The lowest BCUT2D eigenvalue weighted by molar-refractivity contribution is -0.139. The molecule has 0 N–H and O–H groups in total. The lowest BCUT2D eigenvalue weighted by Gasteiger charge is -2.26. The molecule has 0 spiro atoms. The molecule has 1 aromatic carbocycles. The van der Waals surface area contributed by atoms with Crippen LogP contribution in [0.3, 0.4) is 0 Å². The SMILES string of the molecule is CC(=O)N1CCCCC1=Nc1nc(-c2cccc(C(F)(F)F)c2F)cs1. The van der Waals surface area contributed by atoms with Crippen LogP contribution in [0.25, 0.3) is 11.3 Å². The number of amidine groups is 1. The van der Waals surface area contributed by atoms with Gasteiger partial charge in [0.05, 0.1) is 11.3 Å². The van der Waals surface area contributed by atoms with E-state index >= 15 is 0 Å². The number of benzene rings is 1. The van der Waals surface area contributed by atoms with Gasteiger partial charge in [-0.05, 0) is 25.0 Å². The van der Waals surface area contributed by atoms with Crippen LogP contribution in [0.4, 0.5) is 22.7 Å². The zero-order chi connectivity index (χ0) is 18.9. The van der Waals surface area contributed by atoms with Gasteiger partial charge in [0.1, 0.15) is 11.7 Å². The number of likely N-dealkylation sites (tertiary alicyclic amines) is 1. The lowest BCUT2D eigenvalue weighted by Crippen LogP contribution is -2.38. The van der Waals surface area contributed by atoms with Crippen molar-refractivity contribution in [2.75, 3.05) is 6.54 Å². The molecular formula is C17H15F4N3OS. The van der Waals surface area contributed by atoms with E-state index in [0.717, 1.165) is 30.2 Å². The Bertz CT molecular complexity index is 860. The van der Waals surface area contributed by atoms with Crippen LogP contribution in [-0.4, -0.2) is 28.2 Å². The molecule has 1 saturated heterocycles. The molecule has 9 heteroatoms. The topological polar surface area (TPSA) is 45.6 Å². The van der Waals surface area contributed by atoms with Crippen LogP contribution in [-0.2, 0) is 11.0 Å². The molecule has 0 radical (unpaired) electrons. The highest BCUT2D eigenvalue weighted by Crippen LogP contribution is 2.36. The Morgan fingerprint density at radius 2 is 2.08 bits per heavy atom. The van der Waals surface area contributed by atoms with Gasteiger partial charge < -0.3 is 4.90 Å². The Morgan fingerprint density at radius 1 is 1.31 bits per heavy atom. The Balaban J connectivity index is 1.94. The van der Waals surface area contributed by atoms with Crippen molar-refractivity contribution < 1.29 is 22.4 Å². The van der Waals surface area contributed by atoms with Crippen molar-refractivity contribution in [1.82, 2.24) is 9.88 Å². The van der Waals surface area contributed by atoms with Crippen molar-refractivity contribution in [3.8, 4) is 11.3 Å². The molecule has 1 aliphatic heterocycles. The summed E-state index contributed by atoms with van der Waals surface area (Å²) in [5, 5.41) is 1.73. The molecule has 2 heterocycles. The molecule has 2 aromatic rings. The standard InChI is InChI=1S/C17H15F4N3OS/c1-10(25)24-8-3-2-7-14(24)23-16-22-13(9-26-16)11-5-4-6-12(15(11)18)17(19,20)21/h4-6,9H,2-3,7-8H2,1H3. The van der Waals surface area contributed by atoms with Crippen molar-refractivity contribution in [3.05, 3.63) is 35.0 Å². The highest BCUT2D eigenvalue weighted by molar-refractivity contribution is 7.13. The molecule has 3 rings (SSSR count). The minimum atomic E-state index is -4.77. The lowest BCUT2D eigenvalue weighted by atomic mass is 10.1. The third-order valence-electron chi connectivity index (χ3n) is 4.02. The number of nitrogens with zero attached hydrogens (tertiary/aromatic N) is 3. The second kappa shape index (κ2) is 7.14. The van der Waals surface area contributed by atoms with Gasteiger partial charge in [-0.2, -0.15) is 13.2 Å². The van der Waals surface area contributed by atoms with Gasteiger partial charge in [0.25, 0.3) is 0 Å². The monoisotopic (exact) mass is 385 g/mol. The zero-order valence-corrected chi connectivity index (χ0v) is 14.6. The first kappa shape index (κ1) is 18.5. The maximum atomic E-state index is 14.2. The summed E-state index contributed by atoms with van der Waals surface area (Å²) in [6.45, 7) is 2.03. The van der Waals surface area contributed by atoms with Gasteiger partial charge in [-0.15, -0.1) is 11.3 Å². The summed E-state index contributed by atoms with van der Waals surface area (Å²) in [5.41, 5.74) is -1.47. The summed E-state index contributed by atoms with van der Waals surface area (Å²) in [4.78, 5) is 21.7. The third kappa shape index (κ3) is 3.77. The zero-order valence-electron chi connectivity index (χ0n) is 13.8. The molecule has 0 atom stereocenters. The van der Waals surface area contributed by atoms with E-state index in [1.807, 2.05) is 0 Å². The van der Waals surface area contributed by atoms with Crippen molar-refractivity contribution >= 4 is 28.2 Å². The predicted octanol–water partition coefficient (Wildman–Crippen LogP) is 5.03. The van der Waals surface area contributed by atoms with E-state index < -0.39 is 17.6 Å². The number of thiazole rings is 1. The van der Waals surface area contributed by atoms with Crippen LogP contribution in [0.2, 0.25) is 0 Å². The van der Waals surface area contributed by atoms with Crippen molar-refractivity contribution in [2.45, 2.75) is 32.4 Å². The molecule has 0 aliphatic carbocycles. The molecule has 0 bridgehead atoms. The first-order valence-corrected chi connectivity index (χ1v) is 8.82. The number of hydrogen-bond donors (Lipinski definition) is 0. The normalized spacial score (nSPS) is 17.0. The van der Waals surface area contributed by atoms with E-state index in [2.05, 4.69) is 9.98 Å². The summed E-state index contributed by atoms with van der Waals surface area (Å²) >= 11 is 1.09. The van der Waals surface area contributed by atoms with Gasteiger partial charge in [0.2, 0.25) is 11.0 Å². The maximum absolute atomic E-state index is 14.2. The van der Waals surface area contributed by atoms with Crippen LogP contribution in [0, 0.1) is 5.82 Å². The van der Waals surface area contributed by atoms with Gasteiger partial charge in [0, 0.05) is 30.8 Å². The second-order valence-corrected chi connectivity index (χ2v) is 6.67. The quantitative estimate of drug-likeness (QED) is 0.681.